The first kappa shape index (κ1) is 35.2. The lowest BCUT2D eigenvalue weighted by Gasteiger charge is -2.60. The zero-order valence-electron chi connectivity index (χ0n) is 30.7. The summed E-state index contributed by atoms with van der Waals surface area (Å²) in [5.41, 5.74) is 7.87. The van der Waals surface area contributed by atoms with Crippen LogP contribution >= 0.6 is 23.2 Å². The predicted molar refractivity (Wildman–Crippen MR) is 209 cm³/mol. The molecule has 0 bridgehead atoms. The van der Waals surface area contributed by atoms with Crippen LogP contribution in [0.4, 0.5) is 5.69 Å². The molecule has 10 nitrogen and oxygen atoms in total. The Morgan fingerprint density at radius 2 is 1.31 bits per heavy atom. The van der Waals surface area contributed by atoms with Crippen LogP contribution in [0.2, 0.25) is 10.0 Å². The normalized spacial score (nSPS) is 19.6. The Labute approximate surface area is 325 Å². The van der Waals surface area contributed by atoms with Crippen molar-refractivity contribution in [3.63, 3.8) is 0 Å². The third-order valence-corrected chi connectivity index (χ3v) is 12.8. The Balaban J connectivity index is 0.895. The van der Waals surface area contributed by atoms with Crippen molar-refractivity contribution in [2.24, 2.45) is 10.8 Å². The van der Waals surface area contributed by atoms with Gasteiger partial charge in [-0.05, 0) is 29.3 Å². The van der Waals surface area contributed by atoms with E-state index in [4.69, 9.17) is 32.9 Å². The number of pyridine rings is 1. The minimum Gasteiger partial charge on any atom is -0.481 e. The molecule has 5 aliphatic rings. The van der Waals surface area contributed by atoms with Crippen molar-refractivity contribution in [1.29, 1.82) is 0 Å². The fraction of sp³-hybridized carbons (Fsp3) is 0.381. The van der Waals surface area contributed by atoms with Crippen molar-refractivity contribution in [2.75, 3.05) is 64.4 Å². The lowest BCUT2D eigenvalue weighted by atomic mass is 9.72. The second-order valence-electron chi connectivity index (χ2n) is 16.1. The molecule has 0 aliphatic carbocycles. The number of anilines is 1. The largest absolute Gasteiger partial charge is 0.481 e. The van der Waals surface area contributed by atoms with Crippen LogP contribution in [0, 0.1) is 10.8 Å². The number of carbonyl (C=O) groups excluding carboxylic acids is 3. The van der Waals surface area contributed by atoms with Gasteiger partial charge in [0.2, 0.25) is 17.7 Å². The fourth-order valence-electron chi connectivity index (χ4n) is 9.36. The van der Waals surface area contributed by atoms with E-state index < -0.39 is 0 Å². The number of halogens is 2. The molecule has 9 rings (SSSR count). The van der Waals surface area contributed by atoms with Crippen LogP contribution in [0.3, 0.4) is 0 Å². The number of benzene rings is 3. The van der Waals surface area contributed by atoms with E-state index >= 15 is 0 Å². The first-order chi connectivity index (χ1) is 25.9. The van der Waals surface area contributed by atoms with Gasteiger partial charge in [-0.1, -0.05) is 71.7 Å². The Hall–Kier alpha value is -4.48. The van der Waals surface area contributed by atoms with Crippen molar-refractivity contribution in [2.45, 2.75) is 33.5 Å². The number of nitrogens with zero attached hydrogens (tertiary/aromatic N) is 6. The molecule has 278 valence electrons. The van der Waals surface area contributed by atoms with Crippen LogP contribution in [0.5, 0.6) is 5.88 Å². The molecular formula is C42H42Cl2N6O4. The van der Waals surface area contributed by atoms with Gasteiger partial charge in [0.1, 0.15) is 0 Å². The molecule has 0 N–H and O–H groups in total. The van der Waals surface area contributed by atoms with Gasteiger partial charge in [0.05, 0.1) is 35.1 Å². The minimum absolute atomic E-state index is 0.0763. The maximum absolute atomic E-state index is 13.7. The third-order valence-electron chi connectivity index (χ3n) is 12.0. The lowest BCUT2D eigenvalue weighted by molar-refractivity contribution is -0.158. The van der Waals surface area contributed by atoms with Gasteiger partial charge >= 0.3 is 0 Å². The Bertz CT molecular complexity index is 2220. The van der Waals surface area contributed by atoms with E-state index in [1.165, 1.54) is 5.56 Å². The van der Waals surface area contributed by atoms with Crippen molar-refractivity contribution in [3.8, 4) is 28.3 Å². The first-order valence-electron chi connectivity index (χ1n) is 18.4. The van der Waals surface area contributed by atoms with E-state index in [9.17, 15) is 14.4 Å². The Kier molecular flexibility index (Phi) is 8.54. The number of ether oxygens (including phenoxy) is 1. The lowest BCUT2D eigenvalue weighted by Crippen LogP contribution is -2.72. The molecule has 5 aliphatic heterocycles. The zero-order valence-corrected chi connectivity index (χ0v) is 32.2. The fourth-order valence-corrected chi connectivity index (χ4v) is 10.0. The number of carbonyl (C=O) groups is 3. The van der Waals surface area contributed by atoms with E-state index in [1.54, 1.807) is 25.9 Å². The van der Waals surface area contributed by atoms with E-state index in [2.05, 4.69) is 15.9 Å². The highest BCUT2D eigenvalue weighted by molar-refractivity contribution is 6.39. The van der Waals surface area contributed by atoms with Crippen LogP contribution in [0.25, 0.3) is 22.4 Å². The summed E-state index contributed by atoms with van der Waals surface area (Å²) in [6, 6.07) is 21.7. The highest BCUT2D eigenvalue weighted by Crippen LogP contribution is 2.45. The molecule has 4 fully saturated rings. The first-order valence-corrected chi connectivity index (χ1v) is 19.2. The molecule has 2 spiro atoms. The second kappa shape index (κ2) is 13.1. The summed E-state index contributed by atoms with van der Waals surface area (Å²) in [4.78, 5) is 52.3. The van der Waals surface area contributed by atoms with E-state index in [1.807, 2.05) is 70.5 Å². The Morgan fingerprint density at radius 3 is 1.94 bits per heavy atom. The van der Waals surface area contributed by atoms with Crippen molar-refractivity contribution in [1.82, 2.24) is 24.6 Å². The highest BCUT2D eigenvalue weighted by Gasteiger charge is 2.53. The minimum atomic E-state index is -0.0763. The van der Waals surface area contributed by atoms with E-state index in [-0.39, 0.29) is 28.6 Å². The number of rotatable bonds is 8. The van der Waals surface area contributed by atoms with Crippen molar-refractivity contribution in [3.05, 3.63) is 99.0 Å². The van der Waals surface area contributed by atoms with Crippen LogP contribution in [0.15, 0.2) is 66.7 Å². The number of aromatic nitrogens is 1. The summed E-state index contributed by atoms with van der Waals surface area (Å²) in [7, 11) is 1.63. The average Bonchev–Trinajstić information content (AvgIpc) is 3.40. The molecule has 12 heteroatoms. The molecule has 6 heterocycles. The van der Waals surface area contributed by atoms with Gasteiger partial charge in [0.25, 0.3) is 5.91 Å². The van der Waals surface area contributed by atoms with Crippen molar-refractivity contribution >= 4 is 46.6 Å². The highest BCUT2D eigenvalue weighted by atomic mass is 35.5. The third kappa shape index (κ3) is 5.95. The van der Waals surface area contributed by atoms with Gasteiger partial charge in [0, 0.05) is 118 Å². The molecule has 0 atom stereocenters. The quantitative estimate of drug-likeness (QED) is 0.211. The molecule has 4 saturated heterocycles. The van der Waals surface area contributed by atoms with E-state index in [0.717, 1.165) is 93.3 Å². The van der Waals surface area contributed by atoms with Crippen LogP contribution in [0.1, 0.15) is 40.9 Å². The summed E-state index contributed by atoms with van der Waals surface area (Å²) in [6.07, 6.45) is 0. The monoisotopic (exact) mass is 764 g/mol. The Morgan fingerprint density at radius 1 is 0.722 bits per heavy atom. The molecule has 54 heavy (non-hydrogen) atoms. The molecule has 0 radical (unpaired) electrons. The number of hydrogen-bond donors (Lipinski definition) is 0. The smallest absolute Gasteiger partial charge is 0.258 e. The molecule has 4 aromatic rings. The molecule has 0 unspecified atom stereocenters. The number of fused-ring (bicyclic) bond motifs is 1. The van der Waals surface area contributed by atoms with Gasteiger partial charge in [-0.25, -0.2) is 4.98 Å². The molecule has 3 amide bonds. The zero-order chi connectivity index (χ0) is 37.5. The van der Waals surface area contributed by atoms with E-state index in [0.29, 0.717) is 39.4 Å². The maximum Gasteiger partial charge on any atom is 0.258 e. The van der Waals surface area contributed by atoms with Gasteiger partial charge in [-0.2, -0.15) is 0 Å². The van der Waals surface area contributed by atoms with Crippen LogP contribution in [-0.2, 0) is 29.2 Å². The molecule has 3 aromatic carbocycles. The maximum atomic E-state index is 13.7. The summed E-state index contributed by atoms with van der Waals surface area (Å²) < 4.78 is 5.76. The van der Waals surface area contributed by atoms with Crippen molar-refractivity contribution < 1.29 is 19.1 Å². The SMILES string of the molecule is COc1nc(-c2cccc(-c3cccc(N4Cc5cc(CN6CC7(C6)CN(C(C)=O)C7)ccc5C4=O)c3Cl)c2Cl)ccc1CN1CC2(C1)CN(C(C)=O)C2. The van der Waals surface area contributed by atoms with Crippen LogP contribution < -0.4 is 9.64 Å². The van der Waals surface area contributed by atoms with Crippen LogP contribution in [-0.4, -0.2) is 102 Å². The molecular weight excluding hydrogens is 723 g/mol. The van der Waals surface area contributed by atoms with Gasteiger partial charge in [-0.15, -0.1) is 0 Å². The van der Waals surface area contributed by atoms with Gasteiger partial charge in [0.15, 0.2) is 0 Å². The average molecular weight is 766 g/mol. The summed E-state index contributed by atoms with van der Waals surface area (Å²) in [5, 5.41) is 0.961. The summed E-state index contributed by atoms with van der Waals surface area (Å²) in [6.45, 7) is 12.5. The predicted octanol–water partition coefficient (Wildman–Crippen LogP) is 6.22. The summed E-state index contributed by atoms with van der Waals surface area (Å²) in [5.74, 6) is 0.774. The number of hydrogen-bond acceptors (Lipinski definition) is 7. The second-order valence-corrected chi connectivity index (χ2v) is 16.8. The number of methoxy groups -OCH3 is 1. The molecule has 0 saturated carbocycles. The summed E-state index contributed by atoms with van der Waals surface area (Å²) >= 11 is 14.3. The van der Waals surface area contributed by atoms with Gasteiger partial charge < -0.3 is 19.4 Å². The molecule has 1 aromatic heterocycles. The standard InChI is InChI=1S/C42H42Cl2N6O4/c1-26(51)48-22-41(23-48)18-46(19-41)15-28-10-12-31-30(14-28)17-50(40(31)53)36-9-5-7-33(38(36)44)32-6-4-8-34(37(32)43)35-13-11-29(39(45-35)54-3)16-47-20-42(21-47)24-49(25-42)27(2)52/h4-14H,15-25H2,1-3H3. The number of amides is 3. The number of likely N-dealkylation sites (tertiary alicyclic amines) is 4. The van der Waals surface area contributed by atoms with Gasteiger partial charge in [-0.3, -0.25) is 24.2 Å². The topological polar surface area (TPSA) is 89.5 Å².